The number of rotatable bonds is 4. The van der Waals surface area contributed by atoms with Gasteiger partial charge in [0.2, 0.25) is 0 Å². The summed E-state index contributed by atoms with van der Waals surface area (Å²) in [5.74, 6) is 0.799. The van der Waals surface area contributed by atoms with Crippen LogP contribution in [-0.2, 0) is 6.42 Å². The summed E-state index contributed by atoms with van der Waals surface area (Å²) in [6.07, 6.45) is 0.508. The predicted octanol–water partition coefficient (Wildman–Crippen LogP) is 3.15. The van der Waals surface area contributed by atoms with Gasteiger partial charge in [-0.15, -0.1) is 0 Å². The van der Waals surface area contributed by atoms with Crippen molar-refractivity contribution in [3.8, 4) is 17.0 Å². The van der Waals surface area contributed by atoms with Crippen LogP contribution in [0.5, 0.6) is 5.75 Å². The number of hydrogen-bond donors (Lipinski definition) is 1. The number of pyridine rings is 1. The number of aryl methyl sites for hydroxylation is 1. The van der Waals surface area contributed by atoms with Gasteiger partial charge in [0, 0.05) is 17.7 Å². The molecule has 0 saturated carbocycles. The van der Waals surface area contributed by atoms with E-state index in [9.17, 15) is 0 Å². The van der Waals surface area contributed by atoms with Crippen molar-refractivity contribution < 1.29 is 4.74 Å². The first-order chi connectivity index (χ1) is 10.6. The number of methoxy groups -OCH3 is 1. The summed E-state index contributed by atoms with van der Waals surface area (Å²) in [7, 11) is 1.66. The van der Waals surface area contributed by atoms with Crippen molar-refractivity contribution in [2.24, 2.45) is 5.73 Å². The Morgan fingerprint density at radius 3 is 2.77 bits per heavy atom. The van der Waals surface area contributed by atoms with Gasteiger partial charge in [0.05, 0.1) is 23.5 Å². The maximum absolute atomic E-state index is 5.79. The summed E-state index contributed by atoms with van der Waals surface area (Å²) in [5.41, 5.74) is 10.7. The molecule has 0 amide bonds. The molecule has 2 N–H and O–H groups in total. The number of thiocarbonyl (C=S) groups is 1. The monoisotopic (exact) mass is 311 g/mol. The first-order valence-electron chi connectivity index (χ1n) is 7.00. The first kappa shape index (κ1) is 14.5. The van der Waals surface area contributed by atoms with Crippen LogP contribution in [0.15, 0.2) is 42.5 Å². The highest BCUT2D eigenvalue weighted by molar-refractivity contribution is 7.80. The van der Waals surface area contributed by atoms with Crippen LogP contribution in [0.4, 0.5) is 0 Å². The maximum Gasteiger partial charge on any atom is 0.137 e. The van der Waals surface area contributed by atoms with Crippen molar-refractivity contribution in [1.29, 1.82) is 0 Å². The Balaban J connectivity index is 2.27. The fourth-order valence-corrected chi connectivity index (χ4v) is 2.79. The van der Waals surface area contributed by atoms with Gasteiger partial charge in [-0.1, -0.05) is 30.4 Å². The fourth-order valence-electron chi connectivity index (χ4n) is 2.66. The van der Waals surface area contributed by atoms with Crippen LogP contribution in [0.1, 0.15) is 11.4 Å². The lowest BCUT2D eigenvalue weighted by Gasteiger charge is -2.07. The minimum atomic E-state index is 0.453. The summed E-state index contributed by atoms with van der Waals surface area (Å²) >= 11 is 5.12. The topological polar surface area (TPSA) is 52.5 Å². The van der Waals surface area contributed by atoms with Crippen molar-refractivity contribution >= 4 is 22.9 Å². The molecule has 0 aliphatic rings. The van der Waals surface area contributed by atoms with Crippen molar-refractivity contribution in [1.82, 2.24) is 9.38 Å². The molecule has 112 valence electrons. The third-order valence-corrected chi connectivity index (χ3v) is 3.76. The minimum absolute atomic E-state index is 0.453. The van der Waals surface area contributed by atoms with Crippen LogP contribution in [0.2, 0.25) is 0 Å². The summed E-state index contributed by atoms with van der Waals surface area (Å²) in [6, 6.07) is 13.9. The number of aromatic nitrogens is 2. The number of hydrogen-bond acceptors (Lipinski definition) is 3. The molecule has 0 atom stereocenters. The van der Waals surface area contributed by atoms with Gasteiger partial charge in [-0.25, -0.2) is 4.98 Å². The number of fused-ring (bicyclic) bond motifs is 1. The lowest BCUT2D eigenvalue weighted by Crippen LogP contribution is -2.13. The lowest BCUT2D eigenvalue weighted by molar-refractivity contribution is 0.415. The zero-order valence-corrected chi connectivity index (χ0v) is 13.4. The second kappa shape index (κ2) is 5.77. The summed E-state index contributed by atoms with van der Waals surface area (Å²) in [6.45, 7) is 2.05. The van der Waals surface area contributed by atoms with Gasteiger partial charge < -0.3 is 14.9 Å². The van der Waals surface area contributed by atoms with Crippen molar-refractivity contribution in [2.75, 3.05) is 7.11 Å². The van der Waals surface area contributed by atoms with Crippen LogP contribution >= 0.6 is 12.2 Å². The number of benzene rings is 1. The number of imidazole rings is 1. The Hall–Kier alpha value is -2.40. The van der Waals surface area contributed by atoms with E-state index in [1.807, 2.05) is 49.4 Å². The van der Waals surface area contributed by atoms with E-state index in [4.69, 9.17) is 27.7 Å². The van der Waals surface area contributed by atoms with E-state index in [1.54, 1.807) is 7.11 Å². The number of ether oxygens (including phenoxy) is 1. The summed E-state index contributed by atoms with van der Waals surface area (Å²) in [5, 5.41) is 0. The Morgan fingerprint density at radius 1 is 1.27 bits per heavy atom. The molecule has 0 fully saturated rings. The summed E-state index contributed by atoms with van der Waals surface area (Å²) in [4.78, 5) is 5.22. The highest BCUT2D eigenvalue weighted by atomic mass is 32.1. The Bertz CT molecular complexity index is 854. The van der Waals surface area contributed by atoms with E-state index in [-0.39, 0.29) is 0 Å². The van der Waals surface area contributed by atoms with Gasteiger partial charge in [-0.2, -0.15) is 0 Å². The van der Waals surface area contributed by atoms with Gasteiger partial charge in [0.15, 0.2) is 0 Å². The van der Waals surface area contributed by atoms with Crippen molar-refractivity contribution in [2.45, 2.75) is 13.3 Å². The van der Waals surface area contributed by atoms with Gasteiger partial charge in [0.1, 0.15) is 11.4 Å². The molecule has 3 aromatic rings. The predicted molar refractivity (Wildman–Crippen MR) is 92.4 cm³/mol. The maximum atomic E-state index is 5.79. The number of nitrogens with two attached hydrogens (primary N) is 1. The second-order valence-electron chi connectivity index (χ2n) is 5.14. The largest absolute Gasteiger partial charge is 0.497 e. The van der Waals surface area contributed by atoms with E-state index in [0.717, 1.165) is 34.0 Å². The molecule has 0 saturated heterocycles. The van der Waals surface area contributed by atoms with E-state index < -0.39 is 0 Å². The van der Waals surface area contributed by atoms with E-state index in [0.29, 0.717) is 11.4 Å². The third kappa shape index (κ3) is 2.55. The molecule has 2 heterocycles. The highest BCUT2D eigenvalue weighted by Crippen LogP contribution is 2.28. The molecule has 0 spiro atoms. The molecule has 0 aliphatic heterocycles. The van der Waals surface area contributed by atoms with Gasteiger partial charge in [-0.05, 0) is 31.2 Å². The molecule has 0 bridgehead atoms. The smallest absolute Gasteiger partial charge is 0.137 e. The zero-order chi connectivity index (χ0) is 15.7. The molecule has 22 heavy (non-hydrogen) atoms. The molecule has 5 heteroatoms. The van der Waals surface area contributed by atoms with Crippen LogP contribution < -0.4 is 10.5 Å². The van der Waals surface area contributed by atoms with E-state index in [2.05, 4.69) is 4.40 Å². The Kier molecular flexibility index (Phi) is 3.81. The fraction of sp³-hybridized carbons (Fsp3) is 0.176. The average molecular weight is 311 g/mol. The molecule has 0 radical (unpaired) electrons. The SMILES string of the molecule is COc1cccc(-c2nc3cccc(C)n3c2CC(N)=S)c1. The van der Waals surface area contributed by atoms with Gasteiger partial charge >= 0.3 is 0 Å². The number of nitrogens with zero attached hydrogens (tertiary/aromatic N) is 2. The molecular weight excluding hydrogens is 294 g/mol. The van der Waals surface area contributed by atoms with E-state index >= 15 is 0 Å². The van der Waals surface area contributed by atoms with Crippen LogP contribution in [0.25, 0.3) is 16.9 Å². The third-order valence-electron chi connectivity index (χ3n) is 3.62. The molecule has 4 nitrogen and oxygen atoms in total. The minimum Gasteiger partial charge on any atom is -0.497 e. The molecule has 3 rings (SSSR count). The van der Waals surface area contributed by atoms with Crippen LogP contribution in [0, 0.1) is 6.92 Å². The average Bonchev–Trinajstić information content (AvgIpc) is 2.86. The highest BCUT2D eigenvalue weighted by Gasteiger charge is 2.16. The normalized spacial score (nSPS) is 10.8. The lowest BCUT2D eigenvalue weighted by atomic mass is 10.1. The molecule has 1 aromatic carbocycles. The van der Waals surface area contributed by atoms with Crippen molar-refractivity contribution in [3.05, 3.63) is 53.9 Å². The van der Waals surface area contributed by atoms with Crippen LogP contribution in [-0.4, -0.2) is 21.5 Å². The molecule has 0 aliphatic carbocycles. The summed E-state index contributed by atoms with van der Waals surface area (Å²) < 4.78 is 7.42. The molecular formula is C17H17N3OS. The second-order valence-corrected chi connectivity index (χ2v) is 5.67. The standard InChI is InChI=1S/C17H17N3OS/c1-11-5-3-8-16-19-17(14(20(11)16)10-15(18)22)12-6-4-7-13(9-12)21-2/h3-9H,10H2,1-2H3,(H2,18,22). The zero-order valence-electron chi connectivity index (χ0n) is 12.5. The quantitative estimate of drug-likeness (QED) is 0.752. The van der Waals surface area contributed by atoms with Crippen molar-refractivity contribution in [3.63, 3.8) is 0 Å². The van der Waals surface area contributed by atoms with Gasteiger partial charge in [0.25, 0.3) is 0 Å². The first-order valence-corrected chi connectivity index (χ1v) is 7.40. The Labute approximate surface area is 134 Å². The van der Waals surface area contributed by atoms with Gasteiger partial charge in [-0.3, -0.25) is 0 Å². The molecule has 0 unspecified atom stereocenters. The van der Waals surface area contributed by atoms with Crippen LogP contribution in [0.3, 0.4) is 0 Å². The van der Waals surface area contributed by atoms with E-state index in [1.165, 1.54) is 0 Å². The Morgan fingerprint density at radius 2 is 2.05 bits per heavy atom. The molecule has 2 aromatic heterocycles.